The summed E-state index contributed by atoms with van der Waals surface area (Å²) in [7, 11) is -3.74. The number of sulfonamides is 1. The van der Waals surface area contributed by atoms with Crippen molar-refractivity contribution in [3.8, 4) is 0 Å². The van der Waals surface area contributed by atoms with E-state index >= 15 is 0 Å². The second kappa shape index (κ2) is 8.01. The van der Waals surface area contributed by atoms with Crippen molar-refractivity contribution in [3.05, 3.63) is 57.9 Å². The third kappa shape index (κ3) is 4.41. The summed E-state index contributed by atoms with van der Waals surface area (Å²) in [5.74, 6) is -1.10. The van der Waals surface area contributed by atoms with Gasteiger partial charge in [0.15, 0.2) is 0 Å². The molecular formula is C18H18FIN2O3S. The van der Waals surface area contributed by atoms with Crippen molar-refractivity contribution < 1.29 is 17.6 Å². The number of hydrogen-bond acceptors (Lipinski definition) is 3. The fourth-order valence-corrected chi connectivity index (χ4v) is 4.79. The van der Waals surface area contributed by atoms with Gasteiger partial charge in [0.1, 0.15) is 5.82 Å². The molecular weight excluding hydrogens is 470 g/mol. The zero-order valence-corrected chi connectivity index (χ0v) is 16.8. The maximum atomic E-state index is 13.1. The normalized spacial score (nSPS) is 18.5. The lowest BCUT2D eigenvalue weighted by Gasteiger charge is -2.31. The van der Waals surface area contributed by atoms with E-state index in [1.54, 1.807) is 0 Å². The number of hydrogen-bond donors (Lipinski definition) is 1. The lowest BCUT2D eigenvalue weighted by atomic mass is 9.99. The molecule has 2 aromatic carbocycles. The van der Waals surface area contributed by atoms with Gasteiger partial charge in [-0.3, -0.25) is 4.79 Å². The highest BCUT2D eigenvalue weighted by Gasteiger charge is 2.33. The lowest BCUT2D eigenvalue weighted by Crippen LogP contribution is -2.43. The first kappa shape index (κ1) is 19.2. The average Bonchev–Trinajstić information content (AvgIpc) is 2.64. The van der Waals surface area contributed by atoms with Gasteiger partial charge >= 0.3 is 0 Å². The van der Waals surface area contributed by atoms with Crippen LogP contribution in [0.4, 0.5) is 10.1 Å². The topological polar surface area (TPSA) is 66.5 Å². The largest absolute Gasteiger partial charge is 0.326 e. The fraction of sp³-hybridized carbons (Fsp3) is 0.278. The lowest BCUT2D eigenvalue weighted by molar-refractivity contribution is -0.120. The Morgan fingerprint density at radius 1 is 1.12 bits per heavy atom. The van der Waals surface area contributed by atoms with E-state index in [0.717, 1.165) is 15.7 Å². The Bertz CT molecular complexity index is 886. The number of amides is 1. The zero-order valence-electron chi connectivity index (χ0n) is 13.9. The molecule has 138 valence electrons. The van der Waals surface area contributed by atoms with E-state index in [0.29, 0.717) is 25.1 Å². The standard InChI is InChI=1S/C18H18FIN2O3S/c19-14-3-9-17(10-4-14)26(24,25)22-11-1-2-13(12-22)18(23)21-16-7-5-15(20)6-8-16/h3-10,13H,1-2,11-12H2,(H,21,23)/t13-/m1/s1. The van der Waals surface area contributed by atoms with Crippen molar-refractivity contribution in [1.82, 2.24) is 4.31 Å². The van der Waals surface area contributed by atoms with E-state index in [2.05, 4.69) is 27.9 Å². The van der Waals surface area contributed by atoms with Crippen molar-refractivity contribution in [1.29, 1.82) is 0 Å². The summed E-state index contributed by atoms with van der Waals surface area (Å²) in [6.45, 7) is 0.475. The number of carbonyl (C=O) groups is 1. The second-order valence-corrected chi connectivity index (χ2v) is 9.34. The van der Waals surface area contributed by atoms with Crippen LogP contribution in [-0.4, -0.2) is 31.7 Å². The summed E-state index contributed by atoms with van der Waals surface area (Å²) >= 11 is 2.18. The molecule has 26 heavy (non-hydrogen) atoms. The molecule has 1 amide bonds. The van der Waals surface area contributed by atoms with Gasteiger partial charge in [0.2, 0.25) is 15.9 Å². The molecule has 0 bridgehead atoms. The third-order valence-corrected chi connectivity index (χ3v) is 6.92. The summed E-state index contributed by atoms with van der Waals surface area (Å²) in [5, 5.41) is 2.84. The van der Waals surface area contributed by atoms with Crippen LogP contribution in [-0.2, 0) is 14.8 Å². The van der Waals surface area contributed by atoms with E-state index < -0.39 is 21.8 Å². The Hall–Kier alpha value is -1.52. The summed E-state index contributed by atoms with van der Waals surface area (Å²) in [6.07, 6.45) is 1.23. The molecule has 1 aliphatic rings. The van der Waals surface area contributed by atoms with E-state index in [4.69, 9.17) is 0 Å². The zero-order chi connectivity index (χ0) is 18.7. The molecule has 2 aromatic rings. The molecule has 8 heteroatoms. The maximum absolute atomic E-state index is 13.1. The van der Waals surface area contributed by atoms with E-state index in [1.807, 2.05) is 24.3 Å². The smallest absolute Gasteiger partial charge is 0.243 e. The molecule has 1 fully saturated rings. The molecule has 0 radical (unpaired) electrons. The van der Waals surface area contributed by atoms with Crippen LogP contribution < -0.4 is 5.32 Å². The number of carbonyl (C=O) groups excluding carboxylic acids is 1. The number of halogens is 2. The molecule has 1 aliphatic heterocycles. The molecule has 1 atom stereocenters. The SMILES string of the molecule is O=C(Nc1ccc(I)cc1)[C@@H]1CCCN(S(=O)(=O)c2ccc(F)cc2)C1. The Morgan fingerprint density at radius 3 is 2.42 bits per heavy atom. The van der Waals surface area contributed by atoms with Crippen LogP contribution in [0.25, 0.3) is 0 Å². The van der Waals surface area contributed by atoms with Gasteiger partial charge in [0.05, 0.1) is 10.8 Å². The Labute approximate surface area is 165 Å². The summed E-state index contributed by atoms with van der Waals surface area (Å²) in [5.41, 5.74) is 0.689. The van der Waals surface area contributed by atoms with Gasteiger partial charge in [-0.15, -0.1) is 0 Å². The van der Waals surface area contributed by atoms with Gasteiger partial charge < -0.3 is 5.32 Å². The Kier molecular flexibility index (Phi) is 5.93. The van der Waals surface area contributed by atoms with Crippen molar-refractivity contribution in [3.63, 3.8) is 0 Å². The number of piperidine rings is 1. The van der Waals surface area contributed by atoms with Gasteiger partial charge in [-0.25, -0.2) is 12.8 Å². The van der Waals surface area contributed by atoms with Gasteiger partial charge in [0, 0.05) is 22.3 Å². The summed E-state index contributed by atoms with van der Waals surface area (Å²) in [4.78, 5) is 12.6. The van der Waals surface area contributed by atoms with Crippen LogP contribution in [0.15, 0.2) is 53.4 Å². The summed E-state index contributed by atoms with van der Waals surface area (Å²) in [6, 6.07) is 12.2. The highest BCUT2D eigenvalue weighted by atomic mass is 127. The molecule has 1 saturated heterocycles. The first-order valence-corrected chi connectivity index (χ1v) is 10.7. The third-order valence-electron chi connectivity index (χ3n) is 4.32. The van der Waals surface area contributed by atoms with Crippen LogP contribution in [0.3, 0.4) is 0 Å². The Balaban J connectivity index is 1.71. The fourth-order valence-electron chi connectivity index (χ4n) is 2.91. The Morgan fingerprint density at radius 2 is 1.77 bits per heavy atom. The molecule has 0 saturated carbocycles. The van der Waals surface area contributed by atoms with Crippen LogP contribution in [0, 0.1) is 15.3 Å². The van der Waals surface area contributed by atoms with E-state index in [1.165, 1.54) is 16.4 Å². The van der Waals surface area contributed by atoms with Gasteiger partial charge in [-0.2, -0.15) is 4.31 Å². The minimum Gasteiger partial charge on any atom is -0.326 e. The number of benzene rings is 2. The molecule has 0 unspecified atom stereocenters. The van der Waals surface area contributed by atoms with Crippen molar-refractivity contribution in [2.45, 2.75) is 17.7 Å². The van der Waals surface area contributed by atoms with Crippen LogP contribution >= 0.6 is 22.6 Å². The quantitative estimate of drug-likeness (QED) is 0.671. The average molecular weight is 488 g/mol. The second-order valence-electron chi connectivity index (χ2n) is 6.15. The molecule has 3 rings (SSSR count). The predicted molar refractivity (Wildman–Crippen MR) is 106 cm³/mol. The number of rotatable bonds is 4. The van der Waals surface area contributed by atoms with Crippen LogP contribution in [0.5, 0.6) is 0 Å². The van der Waals surface area contributed by atoms with Crippen molar-refractivity contribution >= 4 is 44.2 Å². The number of nitrogens with one attached hydrogen (secondary N) is 1. The van der Waals surface area contributed by atoms with Crippen molar-refractivity contribution in [2.24, 2.45) is 5.92 Å². The highest BCUT2D eigenvalue weighted by Crippen LogP contribution is 2.25. The van der Waals surface area contributed by atoms with E-state index in [-0.39, 0.29) is 17.3 Å². The molecule has 0 aromatic heterocycles. The van der Waals surface area contributed by atoms with Gasteiger partial charge in [-0.1, -0.05) is 0 Å². The predicted octanol–water partition coefficient (Wildman–Crippen LogP) is 3.47. The number of nitrogens with zero attached hydrogens (tertiary/aromatic N) is 1. The van der Waals surface area contributed by atoms with E-state index in [9.17, 15) is 17.6 Å². The molecule has 0 aliphatic carbocycles. The molecule has 5 nitrogen and oxygen atoms in total. The maximum Gasteiger partial charge on any atom is 0.243 e. The number of anilines is 1. The molecule has 0 spiro atoms. The molecule has 1 heterocycles. The minimum atomic E-state index is -3.74. The van der Waals surface area contributed by atoms with Crippen LogP contribution in [0.2, 0.25) is 0 Å². The first-order valence-electron chi connectivity index (χ1n) is 8.18. The first-order chi connectivity index (χ1) is 12.4. The molecule has 1 N–H and O–H groups in total. The van der Waals surface area contributed by atoms with Gasteiger partial charge in [-0.05, 0) is 84.0 Å². The van der Waals surface area contributed by atoms with Gasteiger partial charge in [0.25, 0.3) is 0 Å². The summed E-state index contributed by atoms with van der Waals surface area (Å²) < 4.78 is 40.9. The monoisotopic (exact) mass is 488 g/mol. The minimum absolute atomic E-state index is 0.0394. The van der Waals surface area contributed by atoms with Crippen LogP contribution in [0.1, 0.15) is 12.8 Å². The highest BCUT2D eigenvalue weighted by molar-refractivity contribution is 14.1. The van der Waals surface area contributed by atoms with Crippen molar-refractivity contribution in [2.75, 3.05) is 18.4 Å².